The lowest BCUT2D eigenvalue weighted by Gasteiger charge is -2.09. The van der Waals surface area contributed by atoms with E-state index in [0.717, 1.165) is 0 Å². The van der Waals surface area contributed by atoms with Gasteiger partial charge in [0.25, 0.3) is 0 Å². The minimum Gasteiger partial charge on any atom is -0.598 e. The van der Waals surface area contributed by atoms with Crippen LogP contribution in [0.2, 0.25) is 0 Å². The van der Waals surface area contributed by atoms with Gasteiger partial charge >= 0.3 is 6.18 Å². The molecule has 0 bridgehead atoms. The van der Waals surface area contributed by atoms with E-state index < -0.39 is 23.3 Å². The fourth-order valence-corrected chi connectivity index (χ4v) is 0.662. The molecule has 0 aromatic carbocycles. The zero-order valence-corrected chi connectivity index (χ0v) is 5.47. The fraction of sp³-hybridized carbons (Fsp3) is 1.00. The summed E-state index contributed by atoms with van der Waals surface area (Å²) in [6, 6.07) is 0. The Balaban J connectivity index is 3.47. The van der Waals surface area contributed by atoms with Gasteiger partial charge in [0.1, 0.15) is 0 Å². The molecule has 0 rings (SSSR count). The summed E-state index contributed by atoms with van der Waals surface area (Å²) < 4.78 is 45.9. The molecule has 0 radical (unpaired) electrons. The van der Waals surface area contributed by atoms with Gasteiger partial charge in [0.2, 0.25) is 5.75 Å². The van der Waals surface area contributed by atoms with Gasteiger partial charge in [-0.05, 0) is 0 Å². The Morgan fingerprint density at radius 3 is 2.11 bits per heavy atom. The summed E-state index contributed by atoms with van der Waals surface area (Å²) >= 11 is -1.97. The van der Waals surface area contributed by atoms with Gasteiger partial charge in [0.15, 0.2) is 0 Å². The normalized spacial score (nSPS) is 15.7. The van der Waals surface area contributed by atoms with E-state index in [1.165, 1.54) is 7.05 Å². The molecule has 2 nitrogen and oxygen atoms in total. The average Bonchev–Trinajstić information content (AvgIpc) is 1.62. The second-order valence-corrected chi connectivity index (χ2v) is 2.70. The molecule has 56 valence electrons. The Labute approximate surface area is 53.7 Å². The maximum atomic E-state index is 11.3. The lowest BCUT2D eigenvalue weighted by molar-refractivity contribution is -0.106. The lowest BCUT2D eigenvalue weighted by atomic mass is 10.8. The monoisotopic (exact) mass is 161 g/mol. The molecule has 0 saturated heterocycles. The van der Waals surface area contributed by atoms with Crippen LogP contribution in [0.5, 0.6) is 0 Å². The van der Waals surface area contributed by atoms with Crippen LogP contribution in [0, 0.1) is 0 Å². The SMILES string of the molecule is CN[S+]([O-])CC(F)(F)F. The Bertz CT molecular complexity index is 85.6. The summed E-state index contributed by atoms with van der Waals surface area (Å²) in [6.07, 6.45) is -4.34. The van der Waals surface area contributed by atoms with Gasteiger partial charge in [-0.2, -0.15) is 13.2 Å². The fourth-order valence-electron chi connectivity index (χ4n) is 0.221. The van der Waals surface area contributed by atoms with E-state index in [2.05, 4.69) is 0 Å². The number of hydrogen-bond acceptors (Lipinski definition) is 2. The third-order valence-electron chi connectivity index (χ3n) is 0.522. The molecule has 1 N–H and O–H groups in total. The molecule has 9 heavy (non-hydrogen) atoms. The van der Waals surface area contributed by atoms with Gasteiger partial charge in [-0.25, -0.2) is 0 Å². The molecule has 0 aromatic rings. The number of halogens is 3. The van der Waals surface area contributed by atoms with Crippen molar-refractivity contribution in [1.29, 1.82) is 0 Å². The predicted octanol–water partition coefficient (Wildman–Crippen LogP) is 0.432. The first-order valence-electron chi connectivity index (χ1n) is 2.08. The quantitative estimate of drug-likeness (QED) is 0.596. The van der Waals surface area contributed by atoms with Gasteiger partial charge in [0.05, 0.1) is 0 Å². The van der Waals surface area contributed by atoms with E-state index in [1.54, 1.807) is 0 Å². The summed E-state index contributed by atoms with van der Waals surface area (Å²) in [5.74, 6) is -1.29. The molecule has 0 saturated carbocycles. The van der Waals surface area contributed by atoms with Crippen LogP contribution < -0.4 is 4.72 Å². The topological polar surface area (TPSA) is 35.1 Å². The summed E-state index contributed by atoms with van der Waals surface area (Å²) in [5.41, 5.74) is 0. The van der Waals surface area contributed by atoms with E-state index in [1.807, 2.05) is 4.72 Å². The summed E-state index contributed by atoms with van der Waals surface area (Å²) in [4.78, 5) is 0. The van der Waals surface area contributed by atoms with Crippen LogP contribution in [0.3, 0.4) is 0 Å². The highest BCUT2D eigenvalue weighted by Crippen LogP contribution is 2.15. The van der Waals surface area contributed by atoms with Crippen LogP contribution in [0.25, 0.3) is 0 Å². The molecule has 0 aliphatic heterocycles. The van der Waals surface area contributed by atoms with Gasteiger partial charge in [-0.1, -0.05) is 0 Å². The Hall–Kier alpha value is 0.0600. The molecule has 0 aliphatic rings. The Kier molecular flexibility index (Phi) is 3.31. The van der Waals surface area contributed by atoms with E-state index in [9.17, 15) is 17.7 Å². The molecule has 0 heterocycles. The summed E-state index contributed by atoms with van der Waals surface area (Å²) in [7, 11) is 1.21. The minimum absolute atomic E-state index is 1.21. The highest BCUT2D eigenvalue weighted by molar-refractivity contribution is 7.89. The first kappa shape index (κ1) is 9.06. The van der Waals surface area contributed by atoms with Gasteiger partial charge in [0, 0.05) is 18.4 Å². The van der Waals surface area contributed by atoms with Crippen molar-refractivity contribution in [3.63, 3.8) is 0 Å². The first-order valence-corrected chi connectivity index (χ1v) is 3.40. The van der Waals surface area contributed by atoms with E-state index in [-0.39, 0.29) is 0 Å². The second kappa shape index (κ2) is 3.28. The van der Waals surface area contributed by atoms with Crippen LogP contribution in [0.4, 0.5) is 13.2 Å². The smallest absolute Gasteiger partial charge is 0.435 e. The van der Waals surface area contributed by atoms with Crippen LogP contribution in [-0.2, 0) is 11.4 Å². The van der Waals surface area contributed by atoms with Crippen molar-refractivity contribution in [2.45, 2.75) is 6.18 Å². The number of hydrogen-bond donors (Lipinski definition) is 1. The van der Waals surface area contributed by atoms with E-state index in [4.69, 9.17) is 0 Å². The number of nitrogens with one attached hydrogen (secondary N) is 1. The predicted molar refractivity (Wildman–Crippen MR) is 28.1 cm³/mol. The molecule has 1 atom stereocenters. The lowest BCUT2D eigenvalue weighted by Crippen LogP contribution is -2.31. The van der Waals surface area contributed by atoms with Crippen molar-refractivity contribution < 1.29 is 17.7 Å². The molecule has 0 fully saturated rings. The van der Waals surface area contributed by atoms with E-state index >= 15 is 0 Å². The molecular formula is C3H6F3NOS. The van der Waals surface area contributed by atoms with Crippen molar-refractivity contribution in [3.05, 3.63) is 0 Å². The Morgan fingerprint density at radius 2 is 2.00 bits per heavy atom. The first-order chi connectivity index (χ1) is 3.95. The second-order valence-electron chi connectivity index (χ2n) is 1.31. The average molecular weight is 161 g/mol. The van der Waals surface area contributed by atoms with Gasteiger partial charge < -0.3 is 4.55 Å². The third-order valence-corrected chi connectivity index (χ3v) is 1.57. The Morgan fingerprint density at radius 1 is 1.56 bits per heavy atom. The molecular weight excluding hydrogens is 155 g/mol. The highest BCUT2D eigenvalue weighted by atomic mass is 32.2. The van der Waals surface area contributed by atoms with Crippen molar-refractivity contribution in [1.82, 2.24) is 4.72 Å². The van der Waals surface area contributed by atoms with Crippen LogP contribution in [0.1, 0.15) is 0 Å². The van der Waals surface area contributed by atoms with Crippen molar-refractivity contribution in [2.24, 2.45) is 0 Å². The van der Waals surface area contributed by atoms with Crippen LogP contribution in [0.15, 0.2) is 0 Å². The van der Waals surface area contributed by atoms with E-state index in [0.29, 0.717) is 0 Å². The van der Waals surface area contributed by atoms with Crippen molar-refractivity contribution in [2.75, 3.05) is 12.8 Å². The highest BCUT2D eigenvalue weighted by Gasteiger charge is 2.34. The molecule has 1 unspecified atom stereocenters. The largest absolute Gasteiger partial charge is 0.598 e. The molecule has 0 aromatic heterocycles. The zero-order valence-electron chi connectivity index (χ0n) is 4.66. The van der Waals surface area contributed by atoms with Crippen molar-refractivity contribution >= 4 is 11.4 Å². The number of rotatable bonds is 2. The summed E-state index contributed by atoms with van der Waals surface area (Å²) in [6.45, 7) is 0. The standard InChI is InChI=1S/C3H6F3NOS/c1-7-9(8)2-3(4,5)6/h7H,2H2,1H3. The van der Waals surface area contributed by atoms with Crippen LogP contribution in [-0.4, -0.2) is 23.5 Å². The molecule has 0 spiro atoms. The van der Waals surface area contributed by atoms with Crippen LogP contribution >= 0.6 is 0 Å². The minimum atomic E-state index is -4.34. The third kappa shape index (κ3) is 5.94. The van der Waals surface area contributed by atoms with Gasteiger partial charge in [-0.3, -0.25) is 0 Å². The maximum Gasteiger partial charge on any atom is 0.435 e. The van der Waals surface area contributed by atoms with Crippen molar-refractivity contribution in [3.8, 4) is 0 Å². The molecule has 0 aliphatic carbocycles. The zero-order chi connectivity index (χ0) is 7.49. The number of alkyl halides is 3. The molecule has 6 heteroatoms. The van der Waals surface area contributed by atoms with Gasteiger partial charge in [-0.15, -0.1) is 4.72 Å². The molecule has 0 amide bonds. The maximum absolute atomic E-state index is 11.3. The summed E-state index contributed by atoms with van der Waals surface area (Å²) in [5, 5.41) is 0.